The number of hydrogen-bond donors (Lipinski definition) is 3. The van der Waals surface area contributed by atoms with Gasteiger partial charge in [-0.1, -0.05) is 53.3 Å². The van der Waals surface area contributed by atoms with Crippen molar-refractivity contribution in [2.45, 2.75) is 91.3 Å². The minimum atomic E-state index is -0.869. The lowest BCUT2D eigenvalue weighted by Crippen LogP contribution is -2.48. The Kier molecular flexibility index (Phi) is 9.25. The number of nitrogens with zero attached hydrogens (tertiary/aromatic N) is 2. The third-order valence-electron chi connectivity index (χ3n) is 8.80. The predicted molar refractivity (Wildman–Crippen MR) is 166 cm³/mol. The number of rotatable bonds is 10. The van der Waals surface area contributed by atoms with E-state index in [1.165, 1.54) is 17.7 Å². The molecule has 1 spiro atoms. The molecule has 1 saturated carbocycles. The molecule has 2 aromatic rings. The monoisotopic (exact) mass is 563 g/mol. The zero-order valence-electron chi connectivity index (χ0n) is 25.4. The molecule has 4 N–H and O–H groups in total. The Hall–Kier alpha value is -3.22. The van der Waals surface area contributed by atoms with Crippen molar-refractivity contribution in [3.05, 3.63) is 77.5 Å². The van der Waals surface area contributed by atoms with Gasteiger partial charge in [0.25, 0.3) is 0 Å². The van der Waals surface area contributed by atoms with E-state index < -0.39 is 17.3 Å². The fourth-order valence-corrected chi connectivity index (χ4v) is 6.35. The van der Waals surface area contributed by atoms with Crippen molar-refractivity contribution in [1.82, 2.24) is 4.90 Å². The van der Waals surface area contributed by atoms with Crippen LogP contribution in [0.5, 0.6) is 0 Å². The Bertz CT molecular complexity index is 1270. The van der Waals surface area contributed by atoms with Crippen LogP contribution >= 0.6 is 0 Å². The zero-order valence-corrected chi connectivity index (χ0v) is 25.4. The van der Waals surface area contributed by atoms with Crippen LogP contribution in [0.2, 0.25) is 0 Å². The van der Waals surface area contributed by atoms with Crippen LogP contribution in [0.25, 0.3) is 0 Å². The summed E-state index contributed by atoms with van der Waals surface area (Å²) in [7, 11) is 0. The maximum Gasteiger partial charge on any atom is 0.159 e. The van der Waals surface area contributed by atoms with Gasteiger partial charge in [0.1, 0.15) is 5.66 Å². The Balaban J connectivity index is 1.73. The lowest BCUT2D eigenvalue weighted by Gasteiger charge is -2.48. The molecule has 0 bridgehead atoms. The highest BCUT2D eigenvalue weighted by molar-refractivity contribution is 6.13. The van der Waals surface area contributed by atoms with Crippen molar-refractivity contribution in [1.29, 1.82) is 5.41 Å². The molecule has 0 radical (unpaired) electrons. The number of halogens is 2. The van der Waals surface area contributed by atoms with Crippen molar-refractivity contribution in [2.24, 2.45) is 28.0 Å². The van der Waals surface area contributed by atoms with Crippen LogP contribution in [0.3, 0.4) is 0 Å². The fraction of sp³-hybridized carbons (Fsp3) is 0.529. The van der Waals surface area contributed by atoms with Crippen LogP contribution in [-0.2, 0) is 0 Å². The van der Waals surface area contributed by atoms with E-state index in [4.69, 9.17) is 16.1 Å². The highest BCUT2D eigenvalue weighted by Gasteiger charge is 2.49. The van der Waals surface area contributed by atoms with Gasteiger partial charge in [-0.3, -0.25) is 10.4 Å². The Labute approximate surface area is 244 Å². The second kappa shape index (κ2) is 12.3. The molecule has 1 fully saturated rings. The van der Waals surface area contributed by atoms with Crippen molar-refractivity contribution >= 4 is 17.2 Å². The molecule has 0 saturated heterocycles. The number of nitrogens with two attached hydrogens (primary N) is 1. The van der Waals surface area contributed by atoms with Crippen molar-refractivity contribution < 1.29 is 8.78 Å². The van der Waals surface area contributed by atoms with Gasteiger partial charge in [-0.25, -0.2) is 8.78 Å². The van der Waals surface area contributed by atoms with E-state index in [2.05, 4.69) is 75.7 Å². The van der Waals surface area contributed by atoms with E-state index in [-0.39, 0.29) is 17.3 Å². The average molecular weight is 564 g/mol. The van der Waals surface area contributed by atoms with Gasteiger partial charge in [0, 0.05) is 24.2 Å². The summed E-state index contributed by atoms with van der Waals surface area (Å²) in [5.74, 6) is -0.308. The Morgan fingerprint density at radius 1 is 1.12 bits per heavy atom. The number of aliphatic imine (C=N–C) groups is 1. The number of hydrogen-bond acceptors (Lipinski definition) is 4. The molecule has 222 valence electrons. The van der Waals surface area contributed by atoms with Gasteiger partial charge in [-0.05, 0) is 91.7 Å². The van der Waals surface area contributed by atoms with Gasteiger partial charge in [0.15, 0.2) is 11.6 Å². The molecule has 1 atom stereocenters. The molecule has 1 heterocycles. The molecular formula is C34H47F2N5. The smallest absolute Gasteiger partial charge is 0.159 e. The molecule has 41 heavy (non-hydrogen) atoms. The lowest BCUT2D eigenvalue weighted by atomic mass is 9.75. The minimum absolute atomic E-state index is 0.0233. The SMILES string of the molecule is C=C1C(c2ccc(F)c(F)c2)=NC2(CCC(C(C)C)CC2)N1C(CCC(C)(C)C)c1ccc(NCCC(=N)N)cc1. The third-order valence-corrected chi connectivity index (χ3v) is 8.80. The number of nitrogens with one attached hydrogen (secondary N) is 2. The molecule has 2 aromatic carbocycles. The van der Waals surface area contributed by atoms with Crippen LogP contribution in [0.4, 0.5) is 14.5 Å². The van der Waals surface area contributed by atoms with E-state index in [0.717, 1.165) is 49.9 Å². The number of allylic oxidation sites excluding steroid dienone is 1. The summed E-state index contributed by atoms with van der Waals surface area (Å²) in [5, 5.41) is 10.8. The predicted octanol–water partition coefficient (Wildman–Crippen LogP) is 8.43. The molecule has 1 aliphatic carbocycles. The standard InChI is InChI=1S/C34H47F2N5/c1-22(2)24-13-18-34(19-14-24)40-32(26-9-12-28(35)29(36)21-26)23(3)41(34)30(15-17-33(4,5)6)25-7-10-27(11-8-25)39-20-16-31(37)38/h7-12,21-22,24,30,39H,3,13-20H2,1-2,4-6H3,(H3,37,38). The summed E-state index contributed by atoms with van der Waals surface area (Å²) >= 11 is 0. The molecule has 2 aliphatic rings. The summed E-state index contributed by atoms with van der Waals surface area (Å²) in [5.41, 5.74) is 9.36. The first kappa shape index (κ1) is 30.7. The number of anilines is 1. The normalized spacial score (nSPS) is 21.9. The van der Waals surface area contributed by atoms with Gasteiger partial charge in [-0.15, -0.1) is 0 Å². The van der Waals surface area contributed by atoms with Gasteiger partial charge < -0.3 is 16.0 Å². The van der Waals surface area contributed by atoms with Gasteiger partial charge in [0.05, 0.1) is 23.3 Å². The second-order valence-corrected chi connectivity index (χ2v) is 13.4. The summed E-state index contributed by atoms with van der Waals surface area (Å²) < 4.78 is 28.2. The van der Waals surface area contributed by atoms with E-state index in [0.29, 0.717) is 36.1 Å². The minimum Gasteiger partial charge on any atom is -0.388 e. The highest BCUT2D eigenvalue weighted by atomic mass is 19.2. The Morgan fingerprint density at radius 3 is 2.34 bits per heavy atom. The molecule has 4 rings (SSSR count). The third kappa shape index (κ3) is 7.17. The first-order valence-electron chi connectivity index (χ1n) is 15.0. The molecular weight excluding hydrogens is 516 g/mol. The quantitative estimate of drug-likeness (QED) is 0.201. The molecule has 0 amide bonds. The van der Waals surface area contributed by atoms with Gasteiger partial charge in [0.2, 0.25) is 0 Å². The first-order valence-corrected chi connectivity index (χ1v) is 15.0. The van der Waals surface area contributed by atoms with Crippen molar-refractivity contribution in [3.8, 4) is 0 Å². The zero-order chi connectivity index (χ0) is 29.9. The summed E-state index contributed by atoms with van der Waals surface area (Å²) in [6, 6.07) is 12.6. The fourth-order valence-electron chi connectivity index (χ4n) is 6.35. The van der Waals surface area contributed by atoms with Crippen molar-refractivity contribution in [3.63, 3.8) is 0 Å². The topological polar surface area (TPSA) is 77.5 Å². The van der Waals surface area contributed by atoms with Crippen LogP contribution in [-0.4, -0.2) is 28.7 Å². The van der Waals surface area contributed by atoms with Gasteiger partial charge in [-0.2, -0.15) is 0 Å². The van der Waals surface area contributed by atoms with E-state index >= 15 is 0 Å². The van der Waals surface area contributed by atoms with Crippen LogP contribution in [0, 0.1) is 34.3 Å². The number of benzene rings is 2. The highest BCUT2D eigenvalue weighted by Crippen LogP contribution is 2.51. The first-order chi connectivity index (χ1) is 19.3. The summed E-state index contributed by atoms with van der Waals surface area (Å²) in [6.07, 6.45) is 6.36. The molecule has 1 unspecified atom stereocenters. The van der Waals surface area contributed by atoms with Crippen LogP contribution in [0.1, 0.15) is 96.7 Å². The van der Waals surface area contributed by atoms with Crippen LogP contribution < -0.4 is 11.1 Å². The molecule has 0 aromatic heterocycles. The second-order valence-electron chi connectivity index (χ2n) is 13.4. The van der Waals surface area contributed by atoms with E-state index in [9.17, 15) is 8.78 Å². The largest absolute Gasteiger partial charge is 0.388 e. The van der Waals surface area contributed by atoms with E-state index in [1.54, 1.807) is 6.07 Å². The van der Waals surface area contributed by atoms with Crippen LogP contribution in [0.15, 0.2) is 59.7 Å². The maximum atomic E-state index is 14.4. The maximum absolute atomic E-state index is 14.4. The summed E-state index contributed by atoms with van der Waals surface area (Å²) in [4.78, 5) is 7.77. The molecule has 7 heteroatoms. The molecule has 1 aliphatic heterocycles. The number of amidine groups is 1. The Morgan fingerprint density at radius 2 is 1.78 bits per heavy atom. The lowest BCUT2D eigenvalue weighted by molar-refractivity contribution is 0.0394. The average Bonchev–Trinajstić information content (AvgIpc) is 3.17. The molecule has 5 nitrogen and oxygen atoms in total. The van der Waals surface area contributed by atoms with E-state index in [1.807, 2.05) is 0 Å². The summed E-state index contributed by atoms with van der Waals surface area (Å²) in [6.45, 7) is 16.5. The van der Waals surface area contributed by atoms with Crippen molar-refractivity contribution in [2.75, 3.05) is 11.9 Å². The van der Waals surface area contributed by atoms with Gasteiger partial charge >= 0.3 is 0 Å².